The number of hydrogen-bond acceptors (Lipinski definition) is 7. The molecule has 32 heavy (non-hydrogen) atoms. The molecule has 0 saturated heterocycles. The summed E-state index contributed by atoms with van der Waals surface area (Å²) in [6.07, 6.45) is 4.73. The summed E-state index contributed by atoms with van der Waals surface area (Å²) in [7, 11) is 3.26. The summed E-state index contributed by atoms with van der Waals surface area (Å²) >= 11 is 0. The van der Waals surface area contributed by atoms with Gasteiger partial charge in [0.05, 0.1) is 25.4 Å². The molecule has 5 aromatic rings. The van der Waals surface area contributed by atoms with E-state index < -0.39 is 0 Å². The number of benzene rings is 3. The molecule has 0 atom stereocenters. The molecule has 2 heterocycles. The van der Waals surface area contributed by atoms with Crippen molar-refractivity contribution in [1.29, 1.82) is 0 Å². The number of aromatic nitrogens is 5. The van der Waals surface area contributed by atoms with Crippen molar-refractivity contribution in [3.8, 4) is 28.3 Å². The fourth-order valence-electron chi connectivity index (χ4n) is 3.53. The highest BCUT2D eigenvalue weighted by Gasteiger charge is 2.10. The molecule has 0 saturated carbocycles. The van der Waals surface area contributed by atoms with E-state index in [4.69, 9.17) is 9.47 Å². The molecule has 2 aromatic heterocycles. The van der Waals surface area contributed by atoms with Gasteiger partial charge in [-0.3, -0.25) is 0 Å². The summed E-state index contributed by atoms with van der Waals surface area (Å²) in [5.41, 5.74) is 4.72. The second-order valence-corrected chi connectivity index (χ2v) is 7.04. The van der Waals surface area contributed by atoms with Gasteiger partial charge in [-0.1, -0.05) is 12.1 Å². The summed E-state index contributed by atoms with van der Waals surface area (Å²) < 4.78 is 12.5. The predicted molar refractivity (Wildman–Crippen MR) is 123 cm³/mol. The van der Waals surface area contributed by atoms with Crippen molar-refractivity contribution < 1.29 is 9.47 Å². The number of methoxy groups -OCH3 is 2. The summed E-state index contributed by atoms with van der Waals surface area (Å²) in [4.78, 5) is 12.9. The van der Waals surface area contributed by atoms with Crippen LogP contribution in [0.5, 0.6) is 11.5 Å². The molecule has 0 unspecified atom stereocenters. The number of ether oxygens (including phenoxy) is 2. The minimum Gasteiger partial charge on any atom is -0.493 e. The van der Waals surface area contributed by atoms with Gasteiger partial charge < -0.3 is 14.8 Å². The van der Waals surface area contributed by atoms with Crippen LogP contribution in [0.3, 0.4) is 0 Å². The van der Waals surface area contributed by atoms with E-state index in [0.29, 0.717) is 11.5 Å². The molecule has 8 nitrogen and oxygen atoms in total. The third kappa shape index (κ3) is 3.69. The van der Waals surface area contributed by atoms with E-state index in [9.17, 15) is 0 Å². The molecule has 0 fully saturated rings. The molecule has 0 aliphatic rings. The van der Waals surface area contributed by atoms with Crippen molar-refractivity contribution in [3.63, 3.8) is 0 Å². The Morgan fingerprint density at radius 2 is 1.56 bits per heavy atom. The van der Waals surface area contributed by atoms with E-state index in [-0.39, 0.29) is 0 Å². The largest absolute Gasteiger partial charge is 0.493 e. The van der Waals surface area contributed by atoms with Crippen molar-refractivity contribution in [2.45, 2.75) is 0 Å². The minimum atomic E-state index is 0.681. The maximum absolute atomic E-state index is 5.45. The monoisotopic (exact) mass is 424 g/mol. The lowest BCUT2D eigenvalue weighted by molar-refractivity contribution is 0.355. The Labute approximate surface area is 184 Å². The SMILES string of the molecule is COc1ccc(-c2ccc3ncnc(Nc4ccc(-n5cncn5)cc4)c3c2)cc1OC. The van der Waals surface area contributed by atoms with Gasteiger partial charge in [-0.25, -0.2) is 19.6 Å². The van der Waals surface area contributed by atoms with Crippen molar-refractivity contribution in [2.75, 3.05) is 19.5 Å². The van der Waals surface area contributed by atoms with Gasteiger partial charge in [0.25, 0.3) is 0 Å². The van der Waals surface area contributed by atoms with E-state index in [2.05, 4.69) is 31.4 Å². The van der Waals surface area contributed by atoms with Crippen molar-refractivity contribution in [1.82, 2.24) is 24.7 Å². The van der Waals surface area contributed by atoms with Gasteiger partial charge in [0.2, 0.25) is 0 Å². The molecule has 0 aliphatic heterocycles. The standard InChI is InChI=1S/C24H20N6O2/c1-31-22-10-4-17(12-23(22)32-2)16-3-9-21-20(11-16)24(27-14-26-21)29-18-5-7-19(8-6-18)30-15-25-13-28-30/h3-15H,1-2H3,(H,26,27,29). The van der Waals surface area contributed by atoms with Crippen LogP contribution in [0.1, 0.15) is 0 Å². The fourth-order valence-corrected chi connectivity index (χ4v) is 3.53. The van der Waals surface area contributed by atoms with E-state index in [0.717, 1.165) is 39.2 Å². The first kappa shape index (κ1) is 19.5. The maximum atomic E-state index is 5.45. The van der Waals surface area contributed by atoms with E-state index >= 15 is 0 Å². The van der Waals surface area contributed by atoms with Crippen LogP contribution in [0, 0.1) is 0 Å². The topological polar surface area (TPSA) is 87.0 Å². The Morgan fingerprint density at radius 1 is 0.781 bits per heavy atom. The maximum Gasteiger partial charge on any atom is 0.161 e. The number of nitrogens with zero attached hydrogens (tertiary/aromatic N) is 5. The molecule has 0 aliphatic carbocycles. The lowest BCUT2D eigenvalue weighted by atomic mass is 10.0. The van der Waals surface area contributed by atoms with Crippen molar-refractivity contribution >= 4 is 22.4 Å². The highest BCUT2D eigenvalue weighted by atomic mass is 16.5. The highest BCUT2D eigenvalue weighted by Crippen LogP contribution is 2.34. The van der Waals surface area contributed by atoms with Crippen molar-refractivity contribution in [3.05, 3.63) is 79.6 Å². The molecule has 1 N–H and O–H groups in total. The first-order valence-corrected chi connectivity index (χ1v) is 9.94. The zero-order valence-corrected chi connectivity index (χ0v) is 17.6. The van der Waals surface area contributed by atoms with E-state index in [1.54, 1.807) is 31.6 Å². The third-order valence-electron chi connectivity index (χ3n) is 5.17. The Balaban J connectivity index is 1.49. The van der Waals surface area contributed by atoms with Crippen molar-refractivity contribution in [2.24, 2.45) is 0 Å². The number of nitrogens with one attached hydrogen (secondary N) is 1. The Morgan fingerprint density at radius 3 is 2.31 bits per heavy atom. The summed E-state index contributed by atoms with van der Waals surface area (Å²) in [5.74, 6) is 2.10. The first-order chi connectivity index (χ1) is 15.7. The third-order valence-corrected chi connectivity index (χ3v) is 5.17. The summed E-state index contributed by atoms with van der Waals surface area (Å²) in [6.45, 7) is 0. The zero-order valence-electron chi connectivity index (χ0n) is 17.6. The van der Waals surface area contributed by atoms with Gasteiger partial charge in [-0.2, -0.15) is 5.10 Å². The Bertz CT molecular complexity index is 1370. The molecule has 0 bridgehead atoms. The van der Waals surface area contributed by atoms with Crippen LogP contribution in [0.25, 0.3) is 27.7 Å². The second-order valence-electron chi connectivity index (χ2n) is 7.04. The number of rotatable bonds is 6. The van der Waals surface area contributed by atoms with Crippen LogP contribution < -0.4 is 14.8 Å². The first-order valence-electron chi connectivity index (χ1n) is 9.94. The molecule has 0 spiro atoms. The van der Waals surface area contributed by atoms with Gasteiger partial charge in [0, 0.05) is 11.1 Å². The Hall–Kier alpha value is -4.46. The van der Waals surface area contributed by atoms with E-state index in [1.165, 1.54) is 6.33 Å². The van der Waals surface area contributed by atoms with Gasteiger partial charge in [-0.05, 0) is 59.7 Å². The molecule has 8 heteroatoms. The second kappa shape index (κ2) is 8.35. The Kier molecular flexibility index (Phi) is 5.09. The van der Waals surface area contributed by atoms with Crippen LogP contribution in [-0.4, -0.2) is 39.0 Å². The van der Waals surface area contributed by atoms with E-state index in [1.807, 2.05) is 54.6 Å². The lowest BCUT2D eigenvalue weighted by Crippen LogP contribution is -1.98. The fraction of sp³-hybridized carbons (Fsp3) is 0.0833. The average Bonchev–Trinajstić information content (AvgIpc) is 3.39. The number of fused-ring (bicyclic) bond motifs is 1. The summed E-state index contributed by atoms with van der Waals surface area (Å²) in [6, 6.07) is 19.8. The molecule has 0 radical (unpaired) electrons. The molecular formula is C24H20N6O2. The van der Waals surface area contributed by atoms with Crippen LogP contribution in [0.15, 0.2) is 79.6 Å². The van der Waals surface area contributed by atoms with Gasteiger partial charge >= 0.3 is 0 Å². The van der Waals surface area contributed by atoms with Gasteiger partial charge in [0.15, 0.2) is 11.5 Å². The van der Waals surface area contributed by atoms with Gasteiger partial charge in [-0.15, -0.1) is 0 Å². The van der Waals surface area contributed by atoms with Crippen LogP contribution in [-0.2, 0) is 0 Å². The number of anilines is 2. The van der Waals surface area contributed by atoms with Crippen LogP contribution in [0.4, 0.5) is 11.5 Å². The van der Waals surface area contributed by atoms with Crippen LogP contribution in [0.2, 0.25) is 0 Å². The molecule has 3 aromatic carbocycles. The molecule has 5 rings (SSSR count). The predicted octanol–water partition coefficient (Wildman–Crippen LogP) is 4.64. The normalized spacial score (nSPS) is 10.8. The molecule has 158 valence electrons. The smallest absolute Gasteiger partial charge is 0.161 e. The van der Waals surface area contributed by atoms with Gasteiger partial charge in [0.1, 0.15) is 24.8 Å². The van der Waals surface area contributed by atoms with Crippen LogP contribution >= 0.6 is 0 Å². The quantitative estimate of drug-likeness (QED) is 0.425. The molecular weight excluding hydrogens is 404 g/mol. The lowest BCUT2D eigenvalue weighted by Gasteiger charge is -2.12. The minimum absolute atomic E-state index is 0.681. The number of hydrogen-bond donors (Lipinski definition) is 1. The zero-order chi connectivity index (χ0) is 21.9. The summed E-state index contributed by atoms with van der Waals surface area (Å²) in [5, 5.41) is 8.47. The molecule has 0 amide bonds. The highest BCUT2D eigenvalue weighted by molar-refractivity contribution is 5.94. The average molecular weight is 424 g/mol.